The number of hydrogen-bond acceptors (Lipinski definition) is 6. The maximum atomic E-state index is 12.8. The van der Waals surface area contributed by atoms with E-state index in [4.69, 9.17) is 14.2 Å². The molecule has 0 heterocycles. The first kappa shape index (κ1) is 65.8. The Morgan fingerprint density at radius 3 is 0.831 bits per heavy atom. The van der Waals surface area contributed by atoms with Gasteiger partial charge in [-0.2, -0.15) is 0 Å². The van der Waals surface area contributed by atoms with Crippen molar-refractivity contribution in [2.75, 3.05) is 13.2 Å². The predicted molar refractivity (Wildman–Crippen MR) is 306 cm³/mol. The van der Waals surface area contributed by atoms with Crippen molar-refractivity contribution < 1.29 is 28.6 Å². The van der Waals surface area contributed by atoms with Crippen molar-refractivity contribution in [2.24, 2.45) is 0 Å². The van der Waals surface area contributed by atoms with Gasteiger partial charge in [0, 0.05) is 19.3 Å². The molecule has 0 aromatic heterocycles. The summed E-state index contributed by atoms with van der Waals surface area (Å²) in [7, 11) is 0. The lowest BCUT2D eigenvalue weighted by Gasteiger charge is -2.18. The van der Waals surface area contributed by atoms with Crippen molar-refractivity contribution in [3.63, 3.8) is 0 Å². The Bertz CT molecular complexity index is 1690. The van der Waals surface area contributed by atoms with E-state index in [2.05, 4.69) is 191 Å². The van der Waals surface area contributed by atoms with Gasteiger partial charge in [-0.3, -0.25) is 14.4 Å². The summed E-state index contributed by atoms with van der Waals surface area (Å²) in [4.78, 5) is 38.1. The van der Waals surface area contributed by atoms with E-state index in [0.29, 0.717) is 19.3 Å². The van der Waals surface area contributed by atoms with Crippen molar-refractivity contribution in [1.82, 2.24) is 0 Å². The van der Waals surface area contributed by atoms with Crippen LogP contribution in [0.4, 0.5) is 0 Å². The second-order valence-corrected chi connectivity index (χ2v) is 17.3. The summed E-state index contributed by atoms with van der Waals surface area (Å²) in [5.74, 6) is -1.06. The molecule has 0 aliphatic rings. The number of unbranched alkanes of at least 4 members (excludes halogenated alkanes) is 8. The molecule has 0 radical (unpaired) electrons. The van der Waals surface area contributed by atoms with Crippen molar-refractivity contribution in [3.8, 4) is 0 Å². The minimum Gasteiger partial charge on any atom is -0.462 e. The number of carbonyl (C=O) groups is 3. The summed E-state index contributed by atoms with van der Waals surface area (Å²) in [5.41, 5.74) is 0. The van der Waals surface area contributed by atoms with E-state index in [-0.39, 0.29) is 31.6 Å². The fraction of sp³-hybridized carbons (Fsp3) is 0.523. The zero-order valence-corrected chi connectivity index (χ0v) is 44.9. The Balaban J connectivity index is 4.57. The van der Waals surface area contributed by atoms with Gasteiger partial charge < -0.3 is 14.2 Å². The molecule has 0 saturated heterocycles. The quantitative estimate of drug-likeness (QED) is 0.0262. The number of ether oxygens (including phenoxy) is 3. The fourth-order valence-electron chi connectivity index (χ4n) is 6.67. The van der Waals surface area contributed by atoms with Crippen molar-refractivity contribution >= 4 is 17.9 Å². The minimum absolute atomic E-state index is 0.133. The topological polar surface area (TPSA) is 78.9 Å². The second kappa shape index (κ2) is 57.3. The lowest BCUT2D eigenvalue weighted by Crippen LogP contribution is -2.30. The summed E-state index contributed by atoms with van der Waals surface area (Å²) in [6.45, 7) is 6.17. The Labute approximate surface area is 434 Å². The van der Waals surface area contributed by atoms with Crippen LogP contribution >= 0.6 is 0 Å². The van der Waals surface area contributed by atoms with Crippen LogP contribution in [-0.4, -0.2) is 37.2 Å². The van der Waals surface area contributed by atoms with Gasteiger partial charge in [0.1, 0.15) is 13.2 Å². The first-order valence-corrected chi connectivity index (χ1v) is 27.6. The molecule has 0 saturated carbocycles. The van der Waals surface area contributed by atoms with Gasteiger partial charge in [-0.25, -0.2) is 0 Å². The normalized spacial score (nSPS) is 13.5. The largest absolute Gasteiger partial charge is 0.462 e. The maximum Gasteiger partial charge on any atom is 0.306 e. The fourth-order valence-corrected chi connectivity index (χ4v) is 6.67. The Kier molecular flexibility index (Phi) is 53.1. The number of rotatable bonds is 47. The van der Waals surface area contributed by atoms with Crippen molar-refractivity contribution in [2.45, 2.75) is 207 Å². The molecule has 0 bridgehead atoms. The molecule has 0 aromatic carbocycles. The number of hydrogen-bond donors (Lipinski definition) is 0. The smallest absolute Gasteiger partial charge is 0.306 e. The average Bonchev–Trinajstić information content (AvgIpc) is 3.37. The molecule has 6 heteroatoms. The molecule has 0 spiro atoms. The van der Waals surface area contributed by atoms with Crippen LogP contribution < -0.4 is 0 Å². The molecule has 1 unspecified atom stereocenters. The molecule has 1 atom stereocenters. The highest BCUT2D eigenvalue weighted by Crippen LogP contribution is 2.11. The van der Waals surface area contributed by atoms with Gasteiger partial charge >= 0.3 is 17.9 Å². The zero-order chi connectivity index (χ0) is 51.4. The van der Waals surface area contributed by atoms with Gasteiger partial charge in [0.2, 0.25) is 0 Å². The molecular formula is C65H98O6. The molecule has 71 heavy (non-hydrogen) atoms. The Hall–Kier alpha value is -5.23. The average molecular weight is 975 g/mol. The highest BCUT2D eigenvalue weighted by Gasteiger charge is 2.19. The van der Waals surface area contributed by atoms with Crippen LogP contribution in [-0.2, 0) is 28.6 Å². The first-order valence-electron chi connectivity index (χ1n) is 27.6. The Morgan fingerprint density at radius 2 is 0.521 bits per heavy atom. The highest BCUT2D eigenvalue weighted by molar-refractivity contribution is 5.71. The third-order valence-electron chi connectivity index (χ3n) is 10.7. The molecule has 0 aliphatic carbocycles. The van der Waals surface area contributed by atoms with Gasteiger partial charge in [-0.1, -0.05) is 210 Å². The molecule has 0 rings (SSSR count). The summed E-state index contributed by atoms with van der Waals surface area (Å²) in [5, 5.41) is 0. The van der Waals surface area contributed by atoms with Gasteiger partial charge in [0.15, 0.2) is 6.10 Å². The SMILES string of the molecule is CC/C=C\C/C=C\C/C=C\C/C=C\C/C=C\C/C=C\CCCCCCC(=O)OCC(COC(=O)CCCCC/C=C\C/C=C\C/C=C\CC)OC(=O)CCC/C=C\C/C=C\C/C=C\C/C=C\C/C=C\CC. The maximum absolute atomic E-state index is 12.8. The lowest BCUT2D eigenvalue weighted by molar-refractivity contribution is -0.167. The van der Waals surface area contributed by atoms with Gasteiger partial charge in [-0.05, 0) is 141 Å². The second-order valence-electron chi connectivity index (χ2n) is 17.3. The van der Waals surface area contributed by atoms with Gasteiger partial charge in [0.05, 0.1) is 0 Å². The van der Waals surface area contributed by atoms with Gasteiger partial charge in [-0.15, -0.1) is 0 Å². The third-order valence-corrected chi connectivity index (χ3v) is 10.7. The van der Waals surface area contributed by atoms with E-state index in [1.807, 2.05) is 0 Å². The van der Waals surface area contributed by atoms with Crippen LogP contribution in [0.15, 0.2) is 170 Å². The van der Waals surface area contributed by atoms with E-state index in [9.17, 15) is 14.4 Å². The summed E-state index contributed by atoms with van der Waals surface area (Å²) >= 11 is 0. The molecule has 0 fully saturated rings. The zero-order valence-electron chi connectivity index (χ0n) is 44.9. The highest BCUT2D eigenvalue weighted by atomic mass is 16.6. The summed E-state index contributed by atoms with van der Waals surface area (Å²) in [6.07, 6.45) is 84.9. The number of allylic oxidation sites excluding steroid dienone is 28. The van der Waals surface area contributed by atoms with Gasteiger partial charge in [0.25, 0.3) is 0 Å². The molecule has 0 amide bonds. The molecular weight excluding hydrogens is 877 g/mol. The number of carbonyl (C=O) groups excluding carboxylic acids is 3. The van der Waals surface area contributed by atoms with Crippen LogP contribution in [0.2, 0.25) is 0 Å². The van der Waals surface area contributed by atoms with Crippen LogP contribution in [0, 0.1) is 0 Å². The van der Waals surface area contributed by atoms with Crippen LogP contribution in [0.3, 0.4) is 0 Å². The van der Waals surface area contributed by atoms with Crippen molar-refractivity contribution in [1.29, 1.82) is 0 Å². The van der Waals surface area contributed by atoms with E-state index < -0.39 is 12.1 Å². The standard InChI is InChI=1S/C65H98O6/c1-4-7-10-13-16-19-22-25-27-29-30-31-32-33-34-36-37-40-43-46-49-52-55-58-64(67)70-61-62(60-69-63(66)57-54-51-48-45-42-39-24-21-18-15-12-9-6-3)71-65(68)59-56-53-50-47-44-41-38-35-28-26-23-20-17-14-11-8-5-2/h7-12,16-21,25-28,30-31,33-34,37-42,47,50,62H,4-6,13-15,22-24,29,32,35-36,43-46,48-49,51-61H2,1-3H3/b10-7-,11-8-,12-9-,19-16-,20-17-,21-18-,27-25-,28-26-,31-30-,34-33-,40-37-,41-38-,42-39-,50-47-. The van der Waals surface area contributed by atoms with E-state index in [0.717, 1.165) is 154 Å². The molecule has 6 nitrogen and oxygen atoms in total. The molecule has 0 aliphatic heterocycles. The predicted octanol–water partition coefficient (Wildman–Crippen LogP) is 18.8. The summed E-state index contributed by atoms with van der Waals surface area (Å²) < 4.78 is 16.7. The van der Waals surface area contributed by atoms with E-state index >= 15 is 0 Å². The molecule has 394 valence electrons. The van der Waals surface area contributed by atoms with E-state index in [1.165, 1.54) is 0 Å². The van der Waals surface area contributed by atoms with Crippen LogP contribution in [0.1, 0.15) is 201 Å². The monoisotopic (exact) mass is 975 g/mol. The molecule has 0 aromatic rings. The van der Waals surface area contributed by atoms with E-state index in [1.54, 1.807) is 0 Å². The summed E-state index contributed by atoms with van der Waals surface area (Å²) in [6, 6.07) is 0. The first-order chi connectivity index (χ1) is 35.0. The van der Waals surface area contributed by atoms with Crippen LogP contribution in [0.25, 0.3) is 0 Å². The van der Waals surface area contributed by atoms with Crippen LogP contribution in [0.5, 0.6) is 0 Å². The lowest BCUT2D eigenvalue weighted by atomic mass is 10.1. The Morgan fingerprint density at radius 1 is 0.282 bits per heavy atom. The third kappa shape index (κ3) is 55.6. The molecule has 0 N–H and O–H groups in total. The minimum atomic E-state index is -0.840. The van der Waals surface area contributed by atoms with Crippen molar-refractivity contribution in [3.05, 3.63) is 170 Å². The number of esters is 3.